The second kappa shape index (κ2) is 8.94. The summed E-state index contributed by atoms with van der Waals surface area (Å²) < 4.78 is 11.1. The van der Waals surface area contributed by atoms with Gasteiger partial charge in [-0.2, -0.15) is 0 Å². The highest BCUT2D eigenvalue weighted by Crippen LogP contribution is 2.41. The molecule has 2 aliphatic heterocycles. The number of aliphatic hydroxyl groups excluding tert-OH is 1. The molecule has 2 heterocycles. The van der Waals surface area contributed by atoms with E-state index in [1.54, 1.807) is 36.9 Å². The molecule has 0 spiro atoms. The molecule has 1 atom stereocenters. The molecule has 1 unspecified atom stereocenters. The Balaban J connectivity index is 1.43. The number of β-amino-alcohol motifs (C(OH)–C–C–N with tert-alkyl or cyclic N) is 1. The van der Waals surface area contributed by atoms with Crippen molar-refractivity contribution in [3.8, 4) is 17.2 Å². The lowest BCUT2D eigenvalue weighted by atomic mass is 9.93. The Bertz CT molecular complexity index is 1160. The van der Waals surface area contributed by atoms with Gasteiger partial charge in [0.15, 0.2) is 6.61 Å². The van der Waals surface area contributed by atoms with Crippen LogP contribution in [0.1, 0.15) is 51.3 Å². The van der Waals surface area contributed by atoms with E-state index in [1.807, 2.05) is 13.8 Å². The highest BCUT2D eigenvalue weighted by molar-refractivity contribution is 5.96. The van der Waals surface area contributed by atoms with Gasteiger partial charge in [0.2, 0.25) is 0 Å². The largest absolute Gasteiger partial charge is 0.508 e. The third kappa shape index (κ3) is 5.13. The number of anilines is 2. The molecule has 35 heavy (non-hydrogen) atoms. The number of fused-ring (bicyclic) bond motifs is 2. The third-order valence-corrected chi connectivity index (χ3v) is 6.30. The van der Waals surface area contributed by atoms with Crippen molar-refractivity contribution in [2.45, 2.75) is 51.4 Å². The second-order valence-electron chi connectivity index (χ2n) is 10.0. The summed E-state index contributed by atoms with van der Waals surface area (Å²) in [4.78, 5) is 25.9. The number of hydrogen-bond donors (Lipinski definition) is 5. The summed E-state index contributed by atoms with van der Waals surface area (Å²) in [7, 11) is 0. The Kier molecular flexibility index (Phi) is 6.29. The van der Waals surface area contributed by atoms with Crippen molar-refractivity contribution in [1.82, 2.24) is 5.32 Å². The molecule has 2 aromatic rings. The van der Waals surface area contributed by atoms with E-state index in [0.29, 0.717) is 35.7 Å². The number of hydrogen-bond acceptors (Lipinski definition) is 8. The minimum Gasteiger partial charge on any atom is -0.508 e. The van der Waals surface area contributed by atoms with E-state index in [9.17, 15) is 24.9 Å². The predicted octanol–water partition coefficient (Wildman–Crippen LogP) is 3.11. The van der Waals surface area contributed by atoms with Gasteiger partial charge >= 0.3 is 6.09 Å². The first-order chi connectivity index (χ1) is 16.4. The quantitative estimate of drug-likeness (QED) is 0.403. The highest BCUT2D eigenvalue weighted by atomic mass is 16.6. The highest BCUT2D eigenvalue weighted by Gasteiger charge is 2.39. The summed E-state index contributed by atoms with van der Waals surface area (Å²) in [6.07, 6.45) is -0.954. The number of carbonyl (C=O) groups is 2. The molecule has 10 heteroatoms. The van der Waals surface area contributed by atoms with Gasteiger partial charge in [0.1, 0.15) is 22.8 Å². The van der Waals surface area contributed by atoms with Crippen LogP contribution >= 0.6 is 0 Å². The normalized spacial score (nSPS) is 17.6. The third-order valence-electron chi connectivity index (χ3n) is 6.30. The zero-order valence-electron chi connectivity index (χ0n) is 20.2. The average Bonchev–Trinajstić information content (AvgIpc) is 2.76. The maximum atomic E-state index is 12.7. The Labute approximate surface area is 203 Å². The number of aromatic hydroxyl groups is 2. The fourth-order valence-corrected chi connectivity index (χ4v) is 4.30. The van der Waals surface area contributed by atoms with E-state index >= 15 is 0 Å². The first kappa shape index (κ1) is 24.6. The zero-order chi connectivity index (χ0) is 25.5. The lowest BCUT2D eigenvalue weighted by molar-refractivity contribution is -0.118. The topological polar surface area (TPSA) is 141 Å². The number of aliphatic hydroxyl groups is 1. The Morgan fingerprint density at radius 3 is 2.66 bits per heavy atom. The van der Waals surface area contributed by atoms with Gasteiger partial charge in [-0.3, -0.25) is 9.69 Å². The van der Waals surface area contributed by atoms with E-state index in [-0.39, 0.29) is 30.6 Å². The van der Waals surface area contributed by atoms with Crippen molar-refractivity contribution in [2.75, 3.05) is 29.9 Å². The van der Waals surface area contributed by atoms with Gasteiger partial charge in [-0.25, -0.2) is 4.79 Å². The molecular weight excluding hydrogens is 454 g/mol. The minimum absolute atomic E-state index is 0.0981. The van der Waals surface area contributed by atoms with Crippen LogP contribution in [-0.2, 0) is 15.1 Å². The molecule has 2 aromatic carbocycles. The number of phenolic OH excluding ortho intramolecular Hbond substituents is 2. The van der Waals surface area contributed by atoms with E-state index in [2.05, 4.69) is 10.6 Å². The molecular formula is C25H31N3O7. The van der Waals surface area contributed by atoms with Crippen LogP contribution in [0.3, 0.4) is 0 Å². The van der Waals surface area contributed by atoms with E-state index in [1.165, 1.54) is 12.1 Å². The molecule has 2 aliphatic rings. The van der Waals surface area contributed by atoms with Gasteiger partial charge in [-0.05, 0) is 58.4 Å². The molecule has 4 rings (SSSR count). The van der Waals surface area contributed by atoms with Crippen LogP contribution in [0.2, 0.25) is 0 Å². The van der Waals surface area contributed by atoms with Gasteiger partial charge in [-0.1, -0.05) is 0 Å². The van der Waals surface area contributed by atoms with Crippen LogP contribution < -0.4 is 20.3 Å². The van der Waals surface area contributed by atoms with Crippen LogP contribution in [0, 0.1) is 0 Å². The number of rotatable bonds is 7. The van der Waals surface area contributed by atoms with Crippen molar-refractivity contribution in [3.63, 3.8) is 0 Å². The van der Waals surface area contributed by atoms with Crippen LogP contribution in [0.15, 0.2) is 30.3 Å². The van der Waals surface area contributed by atoms with Crippen molar-refractivity contribution < 1.29 is 34.4 Å². The Hall–Kier alpha value is -3.50. The summed E-state index contributed by atoms with van der Waals surface area (Å²) in [5.74, 6) is -0.00487. The minimum atomic E-state index is -1.02. The number of phenols is 2. The number of carbonyl (C=O) groups excluding carboxylic acids is 2. The zero-order valence-corrected chi connectivity index (χ0v) is 20.2. The molecule has 0 saturated heterocycles. The standard InChI is InChI=1S/C25H31N3O7/c1-24(2,7-8-28-19-6-5-14(29)10-17(19)25(3,4)35-23(28)33)26-12-20(31)16-9-15(30)11-18-22(16)34-13-21(32)27-18/h5-6,9-11,20,26,29-31H,7-8,12-13H2,1-4H3,(H,27,32). The maximum absolute atomic E-state index is 12.7. The van der Waals surface area contributed by atoms with Gasteiger partial charge in [0.05, 0.1) is 17.5 Å². The summed E-state index contributed by atoms with van der Waals surface area (Å²) in [5, 5.41) is 36.7. The number of nitrogens with one attached hydrogen (secondary N) is 2. The monoisotopic (exact) mass is 485 g/mol. The van der Waals surface area contributed by atoms with E-state index in [4.69, 9.17) is 9.47 Å². The molecule has 0 bridgehead atoms. The molecule has 5 N–H and O–H groups in total. The van der Waals surface area contributed by atoms with Crippen molar-refractivity contribution in [3.05, 3.63) is 41.5 Å². The number of ether oxygens (including phenoxy) is 2. The second-order valence-corrected chi connectivity index (χ2v) is 10.0. The number of amides is 2. The summed E-state index contributed by atoms with van der Waals surface area (Å²) in [5.41, 5.74) is 0.729. The van der Waals surface area contributed by atoms with Crippen LogP contribution in [0.4, 0.5) is 16.2 Å². The molecule has 0 aromatic heterocycles. The SMILES string of the molecule is CC(C)(CCN1C(=O)OC(C)(C)c2cc(O)ccc21)NCC(O)c1cc(O)cc2c1OCC(=O)N2. The van der Waals surface area contributed by atoms with E-state index in [0.717, 1.165) is 5.56 Å². The van der Waals surface area contributed by atoms with Crippen molar-refractivity contribution in [2.24, 2.45) is 0 Å². The molecule has 188 valence electrons. The number of cyclic esters (lactones) is 1. The first-order valence-corrected chi connectivity index (χ1v) is 11.4. The fraction of sp³-hybridized carbons (Fsp3) is 0.440. The van der Waals surface area contributed by atoms with Crippen LogP contribution in [-0.4, -0.2) is 52.6 Å². The van der Waals surface area contributed by atoms with Gasteiger partial charge in [0, 0.05) is 35.8 Å². The summed E-state index contributed by atoms with van der Waals surface area (Å²) in [6.45, 7) is 7.78. The lowest BCUT2D eigenvalue weighted by Crippen LogP contribution is -2.48. The van der Waals surface area contributed by atoms with Gasteiger partial charge < -0.3 is 35.4 Å². The smallest absolute Gasteiger partial charge is 0.415 e. The molecule has 2 amide bonds. The summed E-state index contributed by atoms with van der Waals surface area (Å²) >= 11 is 0. The average molecular weight is 486 g/mol. The van der Waals surface area contributed by atoms with Gasteiger partial charge in [0.25, 0.3) is 5.91 Å². The summed E-state index contributed by atoms with van der Waals surface area (Å²) in [6, 6.07) is 7.64. The molecule has 0 radical (unpaired) electrons. The predicted molar refractivity (Wildman–Crippen MR) is 129 cm³/mol. The van der Waals surface area contributed by atoms with Crippen molar-refractivity contribution >= 4 is 23.4 Å². The maximum Gasteiger partial charge on any atom is 0.415 e. The van der Waals surface area contributed by atoms with Crippen LogP contribution in [0.5, 0.6) is 17.2 Å². The molecule has 0 fully saturated rings. The molecule has 10 nitrogen and oxygen atoms in total. The van der Waals surface area contributed by atoms with Crippen molar-refractivity contribution in [1.29, 1.82) is 0 Å². The molecule has 0 saturated carbocycles. The first-order valence-electron chi connectivity index (χ1n) is 11.4. The van der Waals surface area contributed by atoms with Gasteiger partial charge in [-0.15, -0.1) is 0 Å². The molecule has 0 aliphatic carbocycles. The number of nitrogens with zero attached hydrogens (tertiary/aromatic N) is 1. The fourth-order valence-electron chi connectivity index (χ4n) is 4.30. The number of benzene rings is 2. The Morgan fingerprint density at radius 1 is 1.17 bits per heavy atom. The van der Waals surface area contributed by atoms with Crippen LogP contribution in [0.25, 0.3) is 0 Å². The lowest BCUT2D eigenvalue weighted by Gasteiger charge is -2.39. The van der Waals surface area contributed by atoms with E-state index < -0.39 is 23.3 Å². The Morgan fingerprint density at radius 2 is 1.91 bits per heavy atom.